The van der Waals surface area contributed by atoms with E-state index < -0.39 is 0 Å². The Labute approximate surface area is 116 Å². The van der Waals surface area contributed by atoms with E-state index in [9.17, 15) is 0 Å². The van der Waals surface area contributed by atoms with Crippen LogP contribution in [-0.2, 0) is 6.54 Å². The lowest BCUT2D eigenvalue weighted by atomic mass is 9.84. The Morgan fingerprint density at radius 3 is 2.58 bits per heavy atom. The lowest BCUT2D eigenvalue weighted by Gasteiger charge is -2.28. The Bertz CT molecular complexity index is 451. The second-order valence-electron chi connectivity index (χ2n) is 5.76. The smallest absolute Gasteiger partial charge is 0.0991 e. The summed E-state index contributed by atoms with van der Waals surface area (Å²) >= 11 is 0. The summed E-state index contributed by atoms with van der Waals surface area (Å²) in [6, 6.07) is 8.84. The molecule has 0 bridgehead atoms. The third kappa shape index (κ3) is 3.81. The van der Waals surface area contributed by atoms with E-state index in [0.717, 1.165) is 18.0 Å². The van der Waals surface area contributed by atoms with Crippen LogP contribution in [0.3, 0.4) is 0 Å². The highest BCUT2D eigenvalue weighted by molar-refractivity contribution is 5.37. The van der Waals surface area contributed by atoms with Gasteiger partial charge in [0.2, 0.25) is 0 Å². The molecule has 0 heterocycles. The van der Waals surface area contributed by atoms with E-state index in [4.69, 9.17) is 5.26 Å². The van der Waals surface area contributed by atoms with Gasteiger partial charge in [0.05, 0.1) is 11.6 Å². The van der Waals surface area contributed by atoms with E-state index >= 15 is 0 Å². The van der Waals surface area contributed by atoms with Crippen LogP contribution in [0, 0.1) is 24.2 Å². The standard InChI is InChI=1S/C17H24N2/c1-3-14-5-8-17(9-6-14)19-12-16-7-4-15(11-18)10-13(16)2/h4,7,10,14,17,19H,3,5-6,8-9,12H2,1-2H3. The first-order valence-electron chi connectivity index (χ1n) is 7.46. The summed E-state index contributed by atoms with van der Waals surface area (Å²) in [6.07, 6.45) is 6.71. The summed E-state index contributed by atoms with van der Waals surface area (Å²) in [7, 11) is 0. The van der Waals surface area contributed by atoms with Crippen LogP contribution >= 0.6 is 0 Å². The highest BCUT2D eigenvalue weighted by atomic mass is 14.9. The van der Waals surface area contributed by atoms with Gasteiger partial charge in [0.25, 0.3) is 0 Å². The molecule has 1 saturated carbocycles. The van der Waals surface area contributed by atoms with Gasteiger partial charge in [-0.15, -0.1) is 0 Å². The Balaban J connectivity index is 1.85. The highest BCUT2D eigenvalue weighted by Crippen LogP contribution is 2.26. The number of hydrogen-bond acceptors (Lipinski definition) is 2. The molecule has 0 spiro atoms. The van der Waals surface area contributed by atoms with Crippen molar-refractivity contribution >= 4 is 0 Å². The van der Waals surface area contributed by atoms with Crippen molar-refractivity contribution in [2.45, 2.75) is 58.5 Å². The lowest BCUT2D eigenvalue weighted by molar-refractivity contribution is 0.285. The molecule has 0 aliphatic heterocycles. The average molecular weight is 256 g/mol. The van der Waals surface area contributed by atoms with Crippen LogP contribution in [-0.4, -0.2) is 6.04 Å². The number of nitrogens with zero attached hydrogens (tertiary/aromatic N) is 1. The zero-order valence-electron chi connectivity index (χ0n) is 12.1. The van der Waals surface area contributed by atoms with Crippen molar-refractivity contribution in [1.29, 1.82) is 5.26 Å². The van der Waals surface area contributed by atoms with Crippen molar-refractivity contribution in [2.75, 3.05) is 0 Å². The molecule has 1 aliphatic carbocycles. The molecule has 0 unspecified atom stereocenters. The number of nitrogens with one attached hydrogen (secondary N) is 1. The molecular formula is C17H24N2. The van der Waals surface area contributed by atoms with Gasteiger partial charge in [-0.1, -0.05) is 19.4 Å². The molecule has 0 saturated heterocycles. The Hall–Kier alpha value is -1.33. The lowest BCUT2D eigenvalue weighted by Crippen LogP contribution is -2.32. The van der Waals surface area contributed by atoms with E-state index in [1.54, 1.807) is 0 Å². The maximum Gasteiger partial charge on any atom is 0.0991 e. The van der Waals surface area contributed by atoms with Crippen LogP contribution < -0.4 is 5.32 Å². The summed E-state index contributed by atoms with van der Waals surface area (Å²) < 4.78 is 0. The molecule has 0 aromatic heterocycles. The molecule has 102 valence electrons. The zero-order valence-corrected chi connectivity index (χ0v) is 12.1. The van der Waals surface area contributed by atoms with Crippen LogP contribution in [0.25, 0.3) is 0 Å². The Kier molecular flexibility index (Phi) is 4.99. The Morgan fingerprint density at radius 1 is 1.26 bits per heavy atom. The second-order valence-corrected chi connectivity index (χ2v) is 5.76. The van der Waals surface area contributed by atoms with Crippen molar-refractivity contribution < 1.29 is 0 Å². The summed E-state index contributed by atoms with van der Waals surface area (Å²) in [4.78, 5) is 0. The molecule has 0 atom stereocenters. The average Bonchev–Trinajstić information content (AvgIpc) is 2.46. The normalized spacial score (nSPS) is 23.0. The third-order valence-electron chi connectivity index (χ3n) is 4.48. The van der Waals surface area contributed by atoms with E-state index in [0.29, 0.717) is 6.04 Å². The number of benzene rings is 1. The van der Waals surface area contributed by atoms with Crippen molar-refractivity contribution in [3.63, 3.8) is 0 Å². The van der Waals surface area contributed by atoms with Crippen molar-refractivity contribution in [3.8, 4) is 6.07 Å². The fraction of sp³-hybridized carbons (Fsp3) is 0.588. The number of aryl methyl sites for hydroxylation is 1. The molecule has 0 amide bonds. The molecule has 1 N–H and O–H groups in total. The fourth-order valence-corrected chi connectivity index (χ4v) is 2.99. The number of nitriles is 1. The zero-order chi connectivity index (χ0) is 13.7. The first-order valence-corrected chi connectivity index (χ1v) is 7.46. The predicted octanol–water partition coefficient (Wildman–Crippen LogP) is 3.93. The van der Waals surface area contributed by atoms with Gasteiger partial charge < -0.3 is 5.32 Å². The first kappa shape index (κ1) is 14.1. The van der Waals surface area contributed by atoms with Gasteiger partial charge in [-0.3, -0.25) is 0 Å². The van der Waals surface area contributed by atoms with Crippen LogP contribution in [0.5, 0.6) is 0 Å². The second kappa shape index (κ2) is 6.73. The molecule has 1 aliphatic rings. The van der Waals surface area contributed by atoms with E-state index in [1.165, 1.54) is 43.2 Å². The third-order valence-corrected chi connectivity index (χ3v) is 4.48. The first-order chi connectivity index (χ1) is 9.22. The van der Waals surface area contributed by atoms with E-state index in [2.05, 4.69) is 31.3 Å². The summed E-state index contributed by atoms with van der Waals surface area (Å²) in [6.45, 7) is 5.32. The van der Waals surface area contributed by atoms with E-state index in [1.807, 2.05) is 12.1 Å². The summed E-state index contributed by atoms with van der Waals surface area (Å²) in [5.74, 6) is 0.953. The topological polar surface area (TPSA) is 35.8 Å². The monoisotopic (exact) mass is 256 g/mol. The van der Waals surface area contributed by atoms with Gasteiger partial charge in [-0.25, -0.2) is 0 Å². The Morgan fingerprint density at radius 2 is 2.00 bits per heavy atom. The summed E-state index contributed by atoms with van der Waals surface area (Å²) in [5.41, 5.74) is 3.29. The number of rotatable bonds is 4. The molecule has 1 fully saturated rings. The van der Waals surface area contributed by atoms with E-state index in [-0.39, 0.29) is 0 Å². The summed E-state index contributed by atoms with van der Waals surface area (Å²) in [5, 5.41) is 12.5. The van der Waals surface area contributed by atoms with Crippen LogP contribution in [0.15, 0.2) is 18.2 Å². The largest absolute Gasteiger partial charge is 0.310 e. The van der Waals surface area contributed by atoms with Gasteiger partial charge in [-0.05, 0) is 61.8 Å². The van der Waals surface area contributed by atoms with Crippen LogP contribution in [0.2, 0.25) is 0 Å². The molecule has 2 heteroatoms. The minimum Gasteiger partial charge on any atom is -0.310 e. The number of hydrogen-bond donors (Lipinski definition) is 1. The molecule has 2 nitrogen and oxygen atoms in total. The molecule has 1 aromatic carbocycles. The molecule has 1 aromatic rings. The quantitative estimate of drug-likeness (QED) is 0.886. The van der Waals surface area contributed by atoms with Gasteiger partial charge in [0.1, 0.15) is 0 Å². The van der Waals surface area contributed by atoms with Crippen LogP contribution in [0.1, 0.15) is 55.7 Å². The van der Waals surface area contributed by atoms with Gasteiger partial charge in [0, 0.05) is 12.6 Å². The molecule has 0 radical (unpaired) electrons. The highest BCUT2D eigenvalue weighted by Gasteiger charge is 2.19. The molecule has 2 rings (SSSR count). The van der Waals surface area contributed by atoms with Gasteiger partial charge >= 0.3 is 0 Å². The van der Waals surface area contributed by atoms with Crippen molar-refractivity contribution in [3.05, 3.63) is 34.9 Å². The van der Waals surface area contributed by atoms with Gasteiger partial charge in [0.15, 0.2) is 0 Å². The maximum absolute atomic E-state index is 8.87. The SMILES string of the molecule is CCC1CCC(NCc2ccc(C#N)cc2C)CC1. The van der Waals surface area contributed by atoms with Crippen LogP contribution in [0.4, 0.5) is 0 Å². The molecular weight excluding hydrogens is 232 g/mol. The molecule has 19 heavy (non-hydrogen) atoms. The van der Waals surface area contributed by atoms with Crippen molar-refractivity contribution in [2.24, 2.45) is 5.92 Å². The fourth-order valence-electron chi connectivity index (χ4n) is 2.99. The minimum atomic E-state index is 0.679. The van der Waals surface area contributed by atoms with Crippen molar-refractivity contribution in [1.82, 2.24) is 5.32 Å². The minimum absolute atomic E-state index is 0.679. The maximum atomic E-state index is 8.87. The van der Waals surface area contributed by atoms with Gasteiger partial charge in [-0.2, -0.15) is 5.26 Å². The predicted molar refractivity (Wildman–Crippen MR) is 78.8 cm³/mol.